The van der Waals surface area contributed by atoms with Crippen LogP contribution in [0.3, 0.4) is 0 Å². The Hall–Kier alpha value is -1.09. The van der Waals surface area contributed by atoms with Gasteiger partial charge in [0, 0.05) is 18.7 Å². The smallest absolute Gasteiger partial charge is 0.131 e. The third-order valence-corrected chi connectivity index (χ3v) is 2.32. The molecule has 1 aromatic carbocycles. The van der Waals surface area contributed by atoms with E-state index < -0.39 is 6.17 Å². The molecule has 0 spiro atoms. The summed E-state index contributed by atoms with van der Waals surface area (Å²) in [6.07, 6.45) is -0.916. The minimum Gasteiger partial charge on any atom is -0.490 e. The van der Waals surface area contributed by atoms with Crippen LogP contribution in [0, 0.1) is 0 Å². The van der Waals surface area contributed by atoms with E-state index in [9.17, 15) is 4.39 Å². The number of halogens is 1. The minimum absolute atomic E-state index is 0.135. The van der Waals surface area contributed by atoms with Crippen LogP contribution in [0.15, 0.2) is 18.2 Å². The zero-order valence-electron chi connectivity index (χ0n) is 8.22. The molecule has 0 saturated carbocycles. The van der Waals surface area contributed by atoms with Gasteiger partial charge in [0.2, 0.25) is 0 Å². The van der Waals surface area contributed by atoms with Gasteiger partial charge >= 0.3 is 0 Å². The molecule has 0 aliphatic carbocycles. The molecule has 0 aromatic heterocycles. The Bertz CT molecular complexity index is 325. The zero-order valence-corrected chi connectivity index (χ0v) is 8.22. The molecular weight excluding hydrogens is 181 g/mol. The van der Waals surface area contributed by atoms with Gasteiger partial charge in [-0.25, -0.2) is 4.39 Å². The molecule has 2 nitrogen and oxygen atoms in total. The second-order valence-corrected chi connectivity index (χ2v) is 3.59. The molecular formula is C11H14FNO. The highest BCUT2D eigenvalue weighted by molar-refractivity contribution is 5.42. The predicted octanol–water partition coefficient (Wildman–Crippen LogP) is 2.03. The molecule has 0 saturated heterocycles. The van der Waals surface area contributed by atoms with Gasteiger partial charge in [-0.1, -0.05) is 12.1 Å². The van der Waals surface area contributed by atoms with Crippen LogP contribution in [-0.2, 0) is 13.1 Å². The van der Waals surface area contributed by atoms with E-state index in [4.69, 9.17) is 4.74 Å². The maximum atomic E-state index is 12.6. The van der Waals surface area contributed by atoms with E-state index in [-0.39, 0.29) is 6.61 Å². The monoisotopic (exact) mass is 195 g/mol. The van der Waals surface area contributed by atoms with E-state index >= 15 is 0 Å². The minimum atomic E-state index is -0.916. The number of nitrogens with one attached hydrogen (secondary N) is 1. The summed E-state index contributed by atoms with van der Waals surface area (Å²) in [5.74, 6) is 0.817. The lowest BCUT2D eigenvalue weighted by Gasteiger charge is -2.10. The zero-order chi connectivity index (χ0) is 9.97. The van der Waals surface area contributed by atoms with Crippen LogP contribution in [0.4, 0.5) is 4.39 Å². The summed E-state index contributed by atoms with van der Waals surface area (Å²) in [7, 11) is 0. The summed E-state index contributed by atoms with van der Waals surface area (Å²) in [4.78, 5) is 0. The molecule has 0 bridgehead atoms. The summed E-state index contributed by atoms with van der Waals surface area (Å²) in [6.45, 7) is 3.35. The van der Waals surface area contributed by atoms with Gasteiger partial charge in [0.25, 0.3) is 0 Å². The van der Waals surface area contributed by atoms with Crippen molar-refractivity contribution in [2.24, 2.45) is 0 Å². The van der Waals surface area contributed by atoms with E-state index in [1.807, 2.05) is 12.1 Å². The van der Waals surface area contributed by atoms with Gasteiger partial charge in [-0.15, -0.1) is 0 Å². The van der Waals surface area contributed by atoms with Crippen molar-refractivity contribution in [2.75, 3.05) is 6.61 Å². The molecule has 1 aliphatic heterocycles. The van der Waals surface area contributed by atoms with E-state index in [0.29, 0.717) is 0 Å². The highest BCUT2D eigenvalue weighted by Gasteiger charge is 2.14. The SMILES string of the molecule is CC(F)COc1cccc2c1CNC2. The first-order valence-electron chi connectivity index (χ1n) is 4.85. The Labute approximate surface area is 83.1 Å². The second-order valence-electron chi connectivity index (χ2n) is 3.59. The molecule has 1 aliphatic rings. The molecule has 3 heteroatoms. The Morgan fingerprint density at radius 2 is 2.36 bits per heavy atom. The Morgan fingerprint density at radius 1 is 1.50 bits per heavy atom. The van der Waals surface area contributed by atoms with Crippen LogP contribution in [-0.4, -0.2) is 12.8 Å². The van der Waals surface area contributed by atoms with Crippen molar-refractivity contribution in [2.45, 2.75) is 26.2 Å². The van der Waals surface area contributed by atoms with E-state index in [1.165, 1.54) is 18.1 Å². The summed E-state index contributed by atoms with van der Waals surface area (Å²) < 4.78 is 18.0. The van der Waals surface area contributed by atoms with Gasteiger partial charge in [-0.2, -0.15) is 0 Å². The first kappa shape index (κ1) is 9.46. The maximum Gasteiger partial charge on any atom is 0.131 e. The highest BCUT2D eigenvalue weighted by Crippen LogP contribution is 2.26. The van der Waals surface area contributed by atoms with Crippen LogP contribution in [0.25, 0.3) is 0 Å². The third-order valence-electron chi connectivity index (χ3n) is 2.32. The quantitative estimate of drug-likeness (QED) is 0.796. The van der Waals surface area contributed by atoms with Crippen molar-refractivity contribution in [1.29, 1.82) is 0 Å². The lowest BCUT2D eigenvalue weighted by Crippen LogP contribution is -2.09. The average molecular weight is 195 g/mol. The van der Waals surface area contributed by atoms with Crippen LogP contribution in [0.2, 0.25) is 0 Å². The summed E-state index contributed by atoms with van der Waals surface area (Å²) >= 11 is 0. The van der Waals surface area contributed by atoms with Crippen molar-refractivity contribution < 1.29 is 9.13 Å². The standard InChI is InChI=1S/C11H14FNO/c1-8(12)7-14-11-4-2-3-9-5-13-6-10(9)11/h2-4,8,13H,5-7H2,1H3. The fourth-order valence-corrected chi connectivity index (χ4v) is 1.64. The molecule has 1 heterocycles. The van der Waals surface area contributed by atoms with E-state index in [2.05, 4.69) is 11.4 Å². The Morgan fingerprint density at radius 3 is 3.14 bits per heavy atom. The van der Waals surface area contributed by atoms with Crippen molar-refractivity contribution in [3.05, 3.63) is 29.3 Å². The number of hydrogen-bond acceptors (Lipinski definition) is 2. The van der Waals surface area contributed by atoms with Gasteiger partial charge in [0.1, 0.15) is 18.5 Å². The van der Waals surface area contributed by atoms with Crippen LogP contribution >= 0.6 is 0 Å². The molecule has 0 fully saturated rings. The van der Waals surface area contributed by atoms with Crippen molar-refractivity contribution in [3.8, 4) is 5.75 Å². The Kier molecular flexibility index (Phi) is 2.68. The first-order chi connectivity index (χ1) is 6.77. The molecule has 2 rings (SSSR count). The number of ether oxygens (including phenoxy) is 1. The summed E-state index contributed by atoms with van der Waals surface area (Å²) in [6, 6.07) is 5.92. The highest BCUT2D eigenvalue weighted by atomic mass is 19.1. The third kappa shape index (κ3) is 1.87. The lowest BCUT2D eigenvalue weighted by atomic mass is 10.1. The lowest BCUT2D eigenvalue weighted by molar-refractivity contribution is 0.208. The molecule has 0 amide bonds. The largest absolute Gasteiger partial charge is 0.490 e. The van der Waals surface area contributed by atoms with Gasteiger partial charge in [-0.3, -0.25) is 0 Å². The summed E-state index contributed by atoms with van der Waals surface area (Å²) in [5.41, 5.74) is 2.43. The topological polar surface area (TPSA) is 21.3 Å². The van der Waals surface area contributed by atoms with E-state index in [0.717, 1.165) is 18.8 Å². The molecule has 1 unspecified atom stereocenters. The number of hydrogen-bond donors (Lipinski definition) is 1. The number of fused-ring (bicyclic) bond motifs is 1. The maximum absolute atomic E-state index is 12.6. The number of benzene rings is 1. The molecule has 76 valence electrons. The van der Waals surface area contributed by atoms with Crippen LogP contribution < -0.4 is 10.1 Å². The first-order valence-corrected chi connectivity index (χ1v) is 4.85. The molecule has 1 atom stereocenters. The average Bonchev–Trinajstić information content (AvgIpc) is 2.62. The molecule has 1 aromatic rings. The van der Waals surface area contributed by atoms with E-state index in [1.54, 1.807) is 0 Å². The fourth-order valence-electron chi connectivity index (χ4n) is 1.64. The second kappa shape index (κ2) is 3.96. The number of rotatable bonds is 3. The van der Waals surface area contributed by atoms with Gasteiger partial charge < -0.3 is 10.1 Å². The van der Waals surface area contributed by atoms with Crippen molar-refractivity contribution in [3.63, 3.8) is 0 Å². The van der Waals surface area contributed by atoms with Crippen LogP contribution in [0.1, 0.15) is 18.1 Å². The predicted molar refractivity (Wildman–Crippen MR) is 53.1 cm³/mol. The normalized spacial score (nSPS) is 16.4. The van der Waals surface area contributed by atoms with Crippen molar-refractivity contribution >= 4 is 0 Å². The molecule has 0 radical (unpaired) electrons. The van der Waals surface area contributed by atoms with Gasteiger partial charge in [0.05, 0.1) is 0 Å². The van der Waals surface area contributed by atoms with Gasteiger partial charge in [-0.05, 0) is 18.6 Å². The molecule has 14 heavy (non-hydrogen) atoms. The summed E-state index contributed by atoms with van der Waals surface area (Å²) in [5, 5.41) is 3.24. The molecule has 1 N–H and O–H groups in total. The van der Waals surface area contributed by atoms with Crippen LogP contribution in [0.5, 0.6) is 5.75 Å². The Balaban J connectivity index is 2.14. The number of alkyl halides is 1. The van der Waals surface area contributed by atoms with Crippen molar-refractivity contribution in [1.82, 2.24) is 5.32 Å². The fraction of sp³-hybridized carbons (Fsp3) is 0.455. The van der Waals surface area contributed by atoms with Gasteiger partial charge in [0.15, 0.2) is 0 Å².